The summed E-state index contributed by atoms with van der Waals surface area (Å²) >= 11 is 0. The van der Waals surface area contributed by atoms with Gasteiger partial charge in [-0.3, -0.25) is 4.99 Å². The zero-order valence-electron chi connectivity index (χ0n) is 14.0. The first-order chi connectivity index (χ1) is 9.29. The molecule has 0 radical (unpaired) electrons. The summed E-state index contributed by atoms with van der Waals surface area (Å²) in [4.78, 5) is 6.90. The maximum Gasteiger partial charge on any atom is 0.191 e. The predicted molar refractivity (Wildman–Crippen MR) is 86.7 cm³/mol. The van der Waals surface area contributed by atoms with Crippen LogP contribution in [0.25, 0.3) is 0 Å². The number of nitrogens with zero attached hydrogens (tertiary/aromatic N) is 2. The summed E-state index contributed by atoms with van der Waals surface area (Å²) in [5.41, 5.74) is 6.56. The van der Waals surface area contributed by atoms with Crippen LogP contribution < -0.4 is 5.73 Å². The van der Waals surface area contributed by atoms with Crippen LogP contribution in [0.4, 0.5) is 0 Å². The lowest BCUT2D eigenvalue weighted by atomic mass is 9.68. The van der Waals surface area contributed by atoms with E-state index < -0.39 is 0 Å². The maximum atomic E-state index is 6.10. The summed E-state index contributed by atoms with van der Waals surface area (Å²) in [6.45, 7) is 13.7. The fraction of sp³-hybridized carbons (Fsp3) is 0.941. The van der Waals surface area contributed by atoms with Crippen molar-refractivity contribution in [1.82, 2.24) is 4.90 Å². The Bertz CT molecular complexity index is 346. The normalized spacial score (nSPS) is 31.8. The van der Waals surface area contributed by atoms with Crippen LogP contribution in [-0.2, 0) is 0 Å². The molecule has 1 fully saturated rings. The highest BCUT2D eigenvalue weighted by molar-refractivity contribution is 5.80. The van der Waals surface area contributed by atoms with E-state index in [1.807, 2.05) is 0 Å². The lowest BCUT2D eigenvalue weighted by Gasteiger charge is -2.41. The van der Waals surface area contributed by atoms with Gasteiger partial charge in [0.1, 0.15) is 0 Å². The van der Waals surface area contributed by atoms with Crippen molar-refractivity contribution in [3.63, 3.8) is 0 Å². The lowest BCUT2D eigenvalue weighted by Crippen LogP contribution is -2.47. The number of hydrogen-bond acceptors (Lipinski definition) is 3. The van der Waals surface area contributed by atoms with Crippen LogP contribution in [0.5, 0.6) is 0 Å². The summed E-state index contributed by atoms with van der Waals surface area (Å²) in [5, 5.41) is 0. The van der Waals surface area contributed by atoms with Gasteiger partial charge in [0.25, 0.3) is 0 Å². The van der Waals surface area contributed by atoms with Crippen LogP contribution in [0.3, 0.4) is 0 Å². The van der Waals surface area contributed by atoms with E-state index in [2.05, 4.69) is 44.5 Å². The molecule has 0 aromatic rings. The number of nitrogens with two attached hydrogens (primary N) is 1. The number of guanidine groups is 1. The second-order valence-electron chi connectivity index (χ2n) is 8.29. The average molecular weight is 279 g/mol. The quantitative estimate of drug-likeness (QED) is 0.859. The molecule has 2 rings (SSSR count). The predicted octanol–water partition coefficient (Wildman–Crippen LogP) is 3.49. The first kappa shape index (κ1) is 15.7. The van der Waals surface area contributed by atoms with Gasteiger partial charge in [0.15, 0.2) is 5.96 Å². The van der Waals surface area contributed by atoms with Crippen LogP contribution in [0.2, 0.25) is 0 Å². The molecule has 0 aromatic carbocycles. The molecule has 0 saturated heterocycles. The molecule has 20 heavy (non-hydrogen) atoms. The van der Waals surface area contributed by atoms with Crippen LogP contribution in [-0.4, -0.2) is 30.0 Å². The van der Waals surface area contributed by atoms with Gasteiger partial charge in [-0.15, -0.1) is 0 Å². The van der Waals surface area contributed by atoms with Gasteiger partial charge in [-0.25, -0.2) is 0 Å². The molecule has 0 spiro atoms. The summed E-state index contributed by atoms with van der Waals surface area (Å²) < 4.78 is 0. The molecule has 1 atom stereocenters. The van der Waals surface area contributed by atoms with Gasteiger partial charge in [0.05, 0.1) is 12.6 Å². The van der Waals surface area contributed by atoms with Crippen LogP contribution in [0.15, 0.2) is 4.99 Å². The summed E-state index contributed by atoms with van der Waals surface area (Å²) in [7, 11) is 0. The Labute approximate surface area is 125 Å². The zero-order chi connectivity index (χ0) is 14.9. The zero-order valence-corrected chi connectivity index (χ0v) is 14.0. The Morgan fingerprint density at radius 3 is 2.30 bits per heavy atom. The van der Waals surface area contributed by atoms with Gasteiger partial charge in [-0.1, -0.05) is 34.6 Å². The van der Waals surface area contributed by atoms with Gasteiger partial charge in [-0.2, -0.15) is 0 Å². The maximum absolute atomic E-state index is 6.10. The second kappa shape index (κ2) is 5.95. The Kier molecular flexibility index (Phi) is 4.66. The van der Waals surface area contributed by atoms with E-state index in [-0.39, 0.29) is 0 Å². The Morgan fingerprint density at radius 2 is 1.80 bits per heavy atom. The summed E-state index contributed by atoms with van der Waals surface area (Å²) in [6.07, 6.45) is 5.45. The van der Waals surface area contributed by atoms with E-state index in [9.17, 15) is 0 Å². The standard InChI is InChI=1S/C17H33N3/c1-12(2)11-20-15(10-19-16(20)18)13-6-8-14(9-7-13)17(3,4)5/h12-15H,6-11H2,1-5H3,(H2,18,19). The van der Waals surface area contributed by atoms with E-state index in [4.69, 9.17) is 5.73 Å². The summed E-state index contributed by atoms with van der Waals surface area (Å²) in [6, 6.07) is 0.568. The van der Waals surface area contributed by atoms with Gasteiger partial charge < -0.3 is 10.6 Å². The minimum absolute atomic E-state index is 0.466. The van der Waals surface area contributed by atoms with E-state index in [1.165, 1.54) is 25.7 Å². The highest BCUT2D eigenvalue weighted by atomic mass is 15.3. The van der Waals surface area contributed by atoms with Crippen LogP contribution >= 0.6 is 0 Å². The smallest absolute Gasteiger partial charge is 0.191 e. The molecular weight excluding hydrogens is 246 g/mol. The Morgan fingerprint density at radius 1 is 1.20 bits per heavy atom. The SMILES string of the molecule is CC(C)CN1C(N)=NCC1C1CCC(C(C)(C)C)CC1. The van der Waals surface area contributed by atoms with Crippen LogP contribution in [0, 0.1) is 23.2 Å². The first-order valence-electron chi connectivity index (χ1n) is 8.35. The first-order valence-corrected chi connectivity index (χ1v) is 8.35. The largest absolute Gasteiger partial charge is 0.370 e. The molecule has 1 heterocycles. The molecule has 2 N–H and O–H groups in total. The third-order valence-electron chi connectivity index (χ3n) is 5.24. The fourth-order valence-corrected chi connectivity index (χ4v) is 3.94. The molecule has 0 bridgehead atoms. The second-order valence-corrected chi connectivity index (χ2v) is 8.29. The van der Waals surface area contributed by atoms with E-state index in [1.54, 1.807) is 0 Å². The van der Waals surface area contributed by atoms with Crippen molar-refractivity contribution in [2.24, 2.45) is 33.9 Å². The molecule has 3 nitrogen and oxygen atoms in total. The minimum Gasteiger partial charge on any atom is -0.370 e. The lowest BCUT2D eigenvalue weighted by molar-refractivity contribution is 0.112. The Balaban J connectivity index is 1.93. The molecule has 1 aliphatic heterocycles. The molecule has 1 aliphatic carbocycles. The van der Waals surface area contributed by atoms with Crippen molar-refractivity contribution < 1.29 is 0 Å². The Hall–Kier alpha value is -0.730. The third kappa shape index (κ3) is 3.48. The number of hydrogen-bond donors (Lipinski definition) is 1. The fourth-order valence-electron chi connectivity index (χ4n) is 3.94. The third-order valence-corrected chi connectivity index (χ3v) is 5.24. The molecule has 116 valence electrons. The van der Waals surface area contributed by atoms with Gasteiger partial charge in [0, 0.05) is 6.54 Å². The van der Waals surface area contributed by atoms with Crippen LogP contribution in [0.1, 0.15) is 60.3 Å². The molecule has 0 aromatic heterocycles. The monoisotopic (exact) mass is 279 g/mol. The molecule has 1 unspecified atom stereocenters. The van der Waals surface area contributed by atoms with Gasteiger partial charge in [0.2, 0.25) is 0 Å². The number of rotatable bonds is 3. The molecule has 3 heteroatoms. The van der Waals surface area contributed by atoms with E-state index >= 15 is 0 Å². The number of aliphatic imine (C=N–C) groups is 1. The van der Waals surface area contributed by atoms with Crippen molar-refractivity contribution in [3.05, 3.63) is 0 Å². The van der Waals surface area contributed by atoms with Crippen molar-refractivity contribution in [3.8, 4) is 0 Å². The van der Waals surface area contributed by atoms with Crippen molar-refractivity contribution in [1.29, 1.82) is 0 Å². The van der Waals surface area contributed by atoms with Gasteiger partial charge >= 0.3 is 0 Å². The topological polar surface area (TPSA) is 41.6 Å². The van der Waals surface area contributed by atoms with E-state index in [0.29, 0.717) is 17.4 Å². The van der Waals surface area contributed by atoms with Gasteiger partial charge in [-0.05, 0) is 48.9 Å². The summed E-state index contributed by atoms with van der Waals surface area (Å²) in [5.74, 6) is 3.10. The van der Waals surface area contributed by atoms with Crippen molar-refractivity contribution >= 4 is 5.96 Å². The van der Waals surface area contributed by atoms with E-state index in [0.717, 1.165) is 30.9 Å². The van der Waals surface area contributed by atoms with Crippen molar-refractivity contribution in [2.75, 3.05) is 13.1 Å². The minimum atomic E-state index is 0.466. The highest BCUT2D eigenvalue weighted by Crippen LogP contribution is 2.42. The molecule has 1 saturated carbocycles. The molecule has 0 amide bonds. The highest BCUT2D eigenvalue weighted by Gasteiger charge is 2.37. The molecular formula is C17H33N3. The van der Waals surface area contributed by atoms with Crippen molar-refractivity contribution in [2.45, 2.75) is 66.3 Å². The average Bonchev–Trinajstić information content (AvgIpc) is 2.70. The molecule has 2 aliphatic rings.